The lowest BCUT2D eigenvalue weighted by molar-refractivity contribution is 0.371. The van der Waals surface area contributed by atoms with E-state index in [0.717, 1.165) is 12.5 Å². The largest absolute Gasteiger partial charge is 0.369 e. The third kappa shape index (κ3) is 2.09. The Hall–Kier alpha value is -0.510. The molecule has 2 aliphatic rings. The molecule has 2 unspecified atom stereocenters. The van der Waals surface area contributed by atoms with E-state index in [4.69, 9.17) is 5.10 Å². The van der Waals surface area contributed by atoms with Crippen LogP contribution in [-0.2, 0) is 0 Å². The van der Waals surface area contributed by atoms with Crippen molar-refractivity contribution in [3.8, 4) is 0 Å². The molecule has 1 saturated carbocycles. The molecule has 1 aliphatic heterocycles. The number of fused-ring (bicyclic) bond motifs is 1. The maximum absolute atomic E-state index is 4.92. The fourth-order valence-corrected chi connectivity index (χ4v) is 3.88. The van der Waals surface area contributed by atoms with E-state index in [9.17, 15) is 0 Å². The zero-order valence-electron chi connectivity index (χ0n) is 11.2. The van der Waals surface area contributed by atoms with Crippen LogP contribution in [0.1, 0.15) is 63.6 Å². The number of hydrogen-bond acceptors (Lipinski definition) is 2. The van der Waals surface area contributed by atoms with Crippen molar-refractivity contribution >= 4 is 21.7 Å². The van der Waals surface area contributed by atoms with Crippen LogP contribution in [0.4, 0.5) is 5.82 Å². The Labute approximate surface area is 117 Å². The Morgan fingerprint density at radius 1 is 1.44 bits per heavy atom. The number of nitrogens with zero attached hydrogens (tertiary/aromatic N) is 2. The van der Waals surface area contributed by atoms with Crippen LogP contribution < -0.4 is 5.32 Å². The predicted octanol–water partition coefficient (Wildman–Crippen LogP) is 4.32. The van der Waals surface area contributed by atoms with Gasteiger partial charge in [-0.05, 0) is 47.5 Å². The first-order valence-corrected chi connectivity index (χ1v) is 8.03. The summed E-state index contributed by atoms with van der Waals surface area (Å²) in [6.45, 7) is 5.62. The van der Waals surface area contributed by atoms with Crippen LogP contribution in [0.15, 0.2) is 4.47 Å². The van der Waals surface area contributed by atoms with Gasteiger partial charge in [0.25, 0.3) is 0 Å². The zero-order chi connectivity index (χ0) is 12.7. The Kier molecular flexibility index (Phi) is 3.39. The average Bonchev–Trinajstić information content (AvgIpc) is 3.14. The molecule has 0 aromatic carbocycles. The van der Waals surface area contributed by atoms with Crippen LogP contribution in [0, 0.1) is 5.92 Å². The summed E-state index contributed by atoms with van der Waals surface area (Å²) in [6.07, 6.45) is 6.44. The average molecular weight is 312 g/mol. The normalized spacial score (nSPS) is 24.5. The molecule has 0 spiro atoms. The number of hydrogen-bond donors (Lipinski definition) is 1. The minimum absolute atomic E-state index is 0.545. The summed E-state index contributed by atoms with van der Waals surface area (Å²) in [6, 6.07) is 0.639. The molecule has 2 atom stereocenters. The molecule has 3 rings (SSSR count). The molecule has 18 heavy (non-hydrogen) atoms. The molecular weight excluding hydrogens is 290 g/mol. The van der Waals surface area contributed by atoms with Crippen LogP contribution >= 0.6 is 15.9 Å². The van der Waals surface area contributed by atoms with Crippen LogP contribution in [0.3, 0.4) is 0 Å². The second-order valence-corrected chi connectivity index (χ2v) is 6.60. The second kappa shape index (κ2) is 4.87. The lowest BCUT2D eigenvalue weighted by Gasteiger charge is -2.25. The molecule has 3 nitrogen and oxygen atoms in total. The van der Waals surface area contributed by atoms with Gasteiger partial charge in [-0.25, -0.2) is 4.68 Å². The van der Waals surface area contributed by atoms with Crippen molar-refractivity contribution in [3.63, 3.8) is 0 Å². The smallest absolute Gasteiger partial charge is 0.139 e. The standard InChI is InChI=1S/C14H22BrN3/c1-3-4-9(2)13-12(15)14-16-8-7-11(10-5-6-10)18(14)17-13/h9-11,16H,3-8H2,1-2H3. The quantitative estimate of drug-likeness (QED) is 0.897. The highest BCUT2D eigenvalue weighted by molar-refractivity contribution is 9.10. The first kappa shape index (κ1) is 12.5. The van der Waals surface area contributed by atoms with E-state index in [0.29, 0.717) is 12.0 Å². The SMILES string of the molecule is CCCC(C)c1nn2c(c1Br)NCCC2C1CC1. The number of aromatic nitrogens is 2. The number of rotatable bonds is 4. The second-order valence-electron chi connectivity index (χ2n) is 5.80. The summed E-state index contributed by atoms with van der Waals surface area (Å²) in [5.74, 6) is 2.65. The van der Waals surface area contributed by atoms with Crippen molar-refractivity contribution in [3.05, 3.63) is 10.2 Å². The van der Waals surface area contributed by atoms with E-state index in [2.05, 4.69) is 39.8 Å². The van der Waals surface area contributed by atoms with Crippen molar-refractivity contribution in [2.75, 3.05) is 11.9 Å². The Morgan fingerprint density at radius 2 is 2.22 bits per heavy atom. The van der Waals surface area contributed by atoms with Crippen molar-refractivity contribution < 1.29 is 0 Å². The van der Waals surface area contributed by atoms with Crippen molar-refractivity contribution in [1.82, 2.24) is 9.78 Å². The number of nitrogens with one attached hydrogen (secondary N) is 1. The fraction of sp³-hybridized carbons (Fsp3) is 0.786. The molecule has 1 aromatic heterocycles. The molecule has 0 bridgehead atoms. The van der Waals surface area contributed by atoms with Gasteiger partial charge in [-0.1, -0.05) is 20.3 Å². The van der Waals surface area contributed by atoms with Crippen LogP contribution in [0.5, 0.6) is 0 Å². The van der Waals surface area contributed by atoms with Gasteiger partial charge in [0, 0.05) is 12.5 Å². The van der Waals surface area contributed by atoms with Crippen LogP contribution in [0.2, 0.25) is 0 Å². The van der Waals surface area contributed by atoms with Gasteiger partial charge < -0.3 is 5.32 Å². The highest BCUT2D eigenvalue weighted by Gasteiger charge is 2.37. The molecule has 0 saturated heterocycles. The maximum Gasteiger partial charge on any atom is 0.139 e. The summed E-state index contributed by atoms with van der Waals surface area (Å²) in [4.78, 5) is 0. The minimum Gasteiger partial charge on any atom is -0.369 e. The summed E-state index contributed by atoms with van der Waals surface area (Å²) >= 11 is 3.76. The highest BCUT2D eigenvalue weighted by Crippen LogP contribution is 2.46. The summed E-state index contributed by atoms with van der Waals surface area (Å²) in [7, 11) is 0. The lowest BCUT2D eigenvalue weighted by Crippen LogP contribution is -2.25. The summed E-state index contributed by atoms with van der Waals surface area (Å²) < 4.78 is 3.47. The monoisotopic (exact) mass is 311 g/mol. The molecule has 1 aliphatic carbocycles. The fourth-order valence-electron chi connectivity index (χ4n) is 3.09. The van der Waals surface area contributed by atoms with Gasteiger partial charge in [-0.2, -0.15) is 5.10 Å². The van der Waals surface area contributed by atoms with E-state index < -0.39 is 0 Å². The van der Waals surface area contributed by atoms with E-state index >= 15 is 0 Å². The van der Waals surface area contributed by atoms with Crippen molar-refractivity contribution in [1.29, 1.82) is 0 Å². The van der Waals surface area contributed by atoms with Crippen LogP contribution in [0.25, 0.3) is 0 Å². The molecule has 1 aromatic rings. The maximum atomic E-state index is 4.92. The van der Waals surface area contributed by atoms with E-state index in [1.807, 2.05) is 0 Å². The van der Waals surface area contributed by atoms with E-state index in [1.165, 1.54) is 48.1 Å². The number of halogens is 1. The highest BCUT2D eigenvalue weighted by atomic mass is 79.9. The Morgan fingerprint density at radius 3 is 2.89 bits per heavy atom. The molecule has 1 fully saturated rings. The molecule has 100 valence electrons. The topological polar surface area (TPSA) is 29.9 Å². The number of anilines is 1. The first-order chi connectivity index (χ1) is 8.72. The Bertz CT molecular complexity index is 436. The molecule has 0 amide bonds. The van der Waals surface area contributed by atoms with Gasteiger partial charge >= 0.3 is 0 Å². The van der Waals surface area contributed by atoms with E-state index in [1.54, 1.807) is 0 Å². The van der Waals surface area contributed by atoms with Crippen LogP contribution in [-0.4, -0.2) is 16.3 Å². The molecule has 2 heterocycles. The molecule has 1 N–H and O–H groups in total. The van der Waals surface area contributed by atoms with Crippen molar-refractivity contribution in [2.45, 2.75) is 57.9 Å². The lowest BCUT2D eigenvalue weighted by atomic mass is 10.0. The molecule has 4 heteroatoms. The van der Waals surface area contributed by atoms with Gasteiger partial charge in [0.1, 0.15) is 5.82 Å². The molecular formula is C14H22BrN3. The van der Waals surface area contributed by atoms with E-state index in [-0.39, 0.29) is 0 Å². The summed E-state index contributed by atoms with van der Waals surface area (Å²) in [5, 5.41) is 8.43. The third-order valence-electron chi connectivity index (χ3n) is 4.28. The minimum atomic E-state index is 0.545. The third-order valence-corrected chi connectivity index (χ3v) is 5.06. The Balaban J connectivity index is 1.93. The van der Waals surface area contributed by atoms with Crippen molar-refractivity contribution in [2.24, 2.45) is 5.92 Å². The first-order valence-electron chi connectivity index (χ1n) is 7.24. The van der Waals surface area contributed by atoms with Gasteiger partial charge in [0.15, 0.2) is 0 Å². The summed E-state index contributed by atoms with van der Waals surface area (Å²) in [5.41, 5.74) is 1.24. The van der Waals surface area contributed by atoms with Gasteiger partial charge in [0.05, 0.1) is 16.2 Å². The van der Waals surface area contributed by atoms with Gasteiger partial charge in [-0.15, -0.1) is 0 Å². The van der Waals surface area contributed by atoms with Gasteiger partial charge in [0.2, 0.25) is 0 Å². The van der Waals surface area contributed by atoms with Gasteiger partial charge in [-0.3, -0.25) is 0 Å². The molecule has 0 radical (unpaired) electrons. The zero-order valence-corrected chi connectivity index (χ0v) is 12.8. The predicted molar refractivity (Wildman–Crippen MR) is 78.1 cm³/mol.